The van der Waals surface area contributed by atoms with Gasteiger partial charge in [-0.15, -0.1) is 0 Å². The molecule has 0 heterocycles. The number of hydrogen-bond donors (Lipinski definition) is 2. The maximum atomic E-state index is 11.2. The number of nitro groups is 1. The molecule has 0 saturated carbocycles. The predicted molar refractivity (Wildman–Crippen MR) is 59.0 cm³/mol. The Balaban J connectivity index is 3.20. The number of hydrogen-bond acceptors (Lipinski definition) is 4. The molecule has 7 nitrogen and oxygen atoms in total. The van der Waals surface area contributed by atoms with Crippen molar-refractivity contribution in [2.75, 3.05) is 5.32 Å². The Hall–Kier alpha value is -2.44. The molecule has 1 rings (SSSR count). The molecule has 1 amide bonds. The summed E-state index contributed by atoms with van der Waals surface area (Å²) in [5.41, 5.74) is -0.569. The lowest BCUT2D eigenvalue weighted by Gasteiger charge is -2.05. The highest BCUT2D eigenvalue weighted by molar-refractivity contribution is 5.96. The van der Waals surface area contributed by atoms with Crippen LogP contribution >= 0.6 is 0 Å². The number of nitrogens with zero attached hydrogens (tertiary/aromatic N) is 1. The molecule has 90 valence electrons. The number of nitro benzene ring substituents is 1. The lowest BCUT2D eigenvalue weighted by Crippen LogP contribution is -2.12. The minimum absolute atomic E-state index is 0.109. The van der Waals surface area contributed by atoms with E-state index in [-0.39, 0.29) is 23.4 Å². The van der Waals surface area contributed by atoms with Crippen LogP contribution in [-0.4, -0.2) is 21.9 Å². The van der Waals surface area contributed by atoms with Crippen molar-refractivity contribution in [2.24, 2.45) is 0 Å². The van der Waals surface area contributed by atoms with Gasteiger partial charge in [0, 0.05) is 12.5 Å². The van der Waals surface area contributed by atoms with E-state index in [1.54, 1.807) is 6.92 Å². The zero-order chi connectivity index (χ0) is 13.0. The Labute approximate surface area is 96.2 Å². The predicted octanol–water partition coefficient (Wildman–Crippen LogP) is 1.64. The molecule has 0 aliphatic carbocycles. The van der Waals surface area contributed by atoms with E-state index in [2.05, 4.69) is 5.32 Å². The van der Waals surface area contributed by atoms with Crippen molar-refractivity contribution in [3.05, 3.63) is 33.9 Å². The third-order valence-electron chi connectivity index (χ3n) is 2.04. The zero-order valence-corrected chi connectivity index (χ0v) is 8.97. The first kappa shape index (κ1) is 12.6. The van der Waals surface area contributed by atoms with E-state index >= 15 is 0 Å². The van der Waals surface area contributed by atoms with Crippen molar-refractivity contribution in [3.8, 4) is 0 Å². The average molecular weight is 238 g/mol. The second kappa shape index (κ2) is 5.06. The molecule has 0 aliphatic rings. The number of rotatable bonds is 4. The summed E-state index contributed by atoms with van der Waals surface area (Å²) in [6.07, 6.45) is 0.147. The highest BCUT2D eigenvalue weighted by Crippen LogP contribution is 2.25. The highest BCUT2D eigenvalue weighted by Gasteiger charge is 2.17. The standard InChI is InChI=1S/C10H10N2O5/c1-2-9(13)11-7-5-6(10(14)15)3-4-8(7)12(16)17/h3-5H,2H2,1H3,(H,11,13)(H,14,15). The first-order chi connectivity index (χ1) is 7.95. The first-order valence-electron chi connectivity index (χ1n) is 4.77. The van der Waals surface area contributed by atoms with Gasteiger partial charge in [0.15, 0.2) is 0 Å². The summed E-state index contributed by atoms with van der Waals surface area (Å²) in [4.78, 5) is 31.9. The monoisotopic (exact) mass is 238 g/mol. The molecule has 0 spiro atoms. The van der Waals surface area contributed by atoms with Gasteiger partial charge in [-0.25, -0.2) is 4.79 Å². The number of anilines is 1. The lowest BCUT2D eigenvalue weighted by atomic mass is 10.1. The molecule has 1 aromatic carbocycles. The van der Waals surface area contributed by atoms with E-state index in [9.17, 15) is 19.7 Å². The third kappa shape index (κ3) is 3.00. The molecule has 1 aromatic rings. The van der Waals surface area contributed by atoms with Crippen LogP contribution in [0.5, 0.6) is 0 Å². The van der Waals surface area contributed by atoms with Crippen LogP contribution in [0.3, 0.4) is 0 Å². The minimum Gasteiger partial charge on any atom is -0.478 e. The average Bonchev–Trinajstić information content (AvgIpc) is 2.28. The van der Waals surface area contributed by atoms with Crippen molar-refractivity contribution in [1.29, 1.82) is 0 Å². The number of nitrogens with one attached hydrogen (secondary N) is 1. The van der Waals surface area contributed by atoms with Crippen LogP contribution in [0.4, 0.5) is 11.4 Å². The van der Waals surface area contributed by atoms with Gasteiger partial charge < -0.3 is 10.4 Å². The number of carboxylic acid groups (broad SMARTS) is 1. The summed E-state index contributed by atoms with van der Waals surface area (Å²) in [6.45, 7) is 1.59. The molecule has 17 heavy (non-hydrogen) atoms. The normalized spacial score (nSPS) is 9.71. The van der Waals surface area contributed by atoms with Gasteiger partial charge in [-0.2, -0.15) is 0 Å². The van der Waals surface area contributed by atoms with Gasteiger partial charge in [-0.3, -0.25) is 14.9 Å². The SMILES string of the molecule is CCC(=O)Nc1cc(C(=O)O)ccc1[N+](=O)[O-]. The molecule has 2 N–H and O–H groups in total. The van der Waals surface area contributed by atoms with Gasteiger partial charge >= 0.3 is 5.97 Å². The quantitative estimate of drug-likeness (QED) is 0.612. The van der Waals surface area contributed by atoms with Gasteiger partial charge in [0.05, 0.1) is 10.5 Å². The summed E-state index contributed by atoms with van der Waals surface area (Å²) >= 11 is 0. The Bertz CT molecular complexity index is 484. The summed E-state index contributed by atoms with van der Waals surface area (Å²) in [5, 5.41) is 21.7. The van der Waals surface area contributed by atoms with E-state index < -0.39 is 16.8 Å². The molecule has 0 atom stereocenters. The first-order valence-corrected chi connectivity index (χ1v) is 4.77. The molecular weight excluding hydrogens is 228 g/mol. The van der Waals surface area contributed by atoms with Gasteiger partial charge in [0.1, 0.15) is 5.69 Å². The zero-order valence-electron chi connectivity index (χ0n) is 8.97. The van der Waals surface area contributed by atoms with Crippen LogP contribution in [0.25, 0.3) is 0 Å². The minimum atomic E-state index is -1.22. The maximum Gasteiger partial charge on any atom is 0.335 e. The highest BCUT2D eigenvalue weighted by atomic mass is 16.6. The Morgan fingerprint density at radius 2 is 2.12 bits per heavy atom. The van der Waals surface area contributed by atoms with Crippen molar-refractivity contribution in [1.82, 2.24) is 0 Å². The van der Waals surface area contributed by atoms with E-state index in [0.29, 0.717) is 0 Å². The van der Waals surface area contributed by atoms with Crippen molar-refractivity contribution < 1.29 is 19.6 Å². The molecule has 0 saturated heterocycles. The molecule has 7 heteroatoms. The van der Waals surface area contributed by atoms with Gasteiger partial charge in [0.2, 0.25) is 5.91 Å². The molecule has 0 fully saturated rings. The summed E-state index contributed by atoms with van der Waals surface area (Å²) < 4.78 is 0. The number of benzene rings is 1. The second-order valence-electron chi connectivity index (χ2n) is 3.20. The fraction of sp³-hybridized carbons (Fsp3) is 0.200. The van der Waals surface area contributed by atoms with E-state index in [1.165, 1.54) is 0 Å². The Kier molecular flexibility index (Phi) is 3.76. The van der Waals surface area contributed by atoms with Gasteiger partial charge in [-0.05, 0) is 12.1 Å². The number of carbonyl (C=O) groups is 2. The molecule has 0 unspecified atom stereocenters. The van der Waals surface area contributed by atoms with Gasteiger partial charge in [0.25, 0.3) is 5.69 Å². The van der Waals surface area contributed by atoms with E-state index in [0.717, 1.165) is 18.2 Å². The van der Waals surface area contributed by atoms with Crippen molar-refractivity contribution in [2.45, 2.75) is 13.3 Å². The molecule has 0 aromatic heterocycles. The van der Waals surface area contributed by atoms with Gasteiger partial charge in [-0.1, -0.05) is 6.92 Å². The van der Waals surface area contributed by atoms with Crippen LogP contribution in [0.1, 0.15) is 23.7 Å². The summed E-state index contributed by atoms with van der Waals surface area (Å²) in [7, 11) is 0. The number of carbonyl (C=O) groups excluding carboxylic acids is 1. The number of amides is 1. The fourth-order valence-corrected chi connectivity index (χ4v) is 1.17. The molecular formula is C10H10N2O5. The fourth-order valence-electron chi connectivity index (χ4n) is 1.17. The Morgan fingerprint density at radius 3 is 2.59 bits per heavy atom. The molecule has 0 bridgehead atoms. The maximum absolute atomic E-state index is 11.2. The lowest BCUT2D eigenvalue weighted by molar-refractivity contribution is -0.383. The van der Waals surface area contributed by atoms with E-state index in [1.807, 2.05) is 0 Å². The van der Waals surface area contributed by atoms with Crippen LogP contribution in [0.2, 0.25) is 0 Å². The summed E-state index contributed by atoms with van der Waals surface area (Å²) in [5.74, 6) is -1.64. The van der Waals surface area contributed by atoms with Crippen LogP contribution < -0.4 is 5.32 Å². The molecule has 0 aliphatic heterocycles. The van der Waals surface area contributed by atoms with E-state index in [4.69, 9.17) is 5.11 Å². The van der Waals surface area contributed by atoms with Crippen LogP contribution in [0, 0.1) is 10.1 Å². The smallest absolute Gasteiger partial charge is 0.335 e. The van der Waals surface area contributed by atoms with Crippen LogP contribution in [0.15, 0.2) is 18.2 Å². The number of carboxylic acids is 1. The van der Waals surface area contributed by atoms with Crippen molar-refractivity contribution >= 4 is 23.3 Å². The Morgan fingerprint density at radius 1 is 1.47 bits per heavy atom. The molecule has 0 radical (unpaired) electrons. The number of aromatic carboxylic acids is 1. The van der Waals surface area contributed by atoms with Crippen molar-refractivity contribution in [3.63, 3.8) is 0 Å². The summed E-state index contributed by atoms with van der Waals surface area (Å²) in [6, 6.07) is 3.23. The largest absolute Gasteiger partial charge is 0.478 e. The second-order valence-corrected chi connectivity index (χ2v) is 3.20. The van der Waals surface area contributed by atoms with Crippen LogP contribution in [-0.2, 0) is 4.79 Å². The topological polar surface area (TPSA) is 110 Å². The third-order valence-corrected chi connectivity index (χ3v) is 2.04.